The Bertz CT molecular complexity index is 275. The van der Waals surface area contributed by atoms with E-state index in [1.165, 1.54) is 19.5 Å². The molecule has 19 heavy (non-hydrogen) atoms. The molecule has 0 aromatic carbocycles. The summed E-state index contributed by atoms with van der Waals surface area (Å²) in [5.74, 6) is 0. The van der Waals surface area contributed by atoms with Gasteiger partial charge in [-0.05, 0) is 18.9 Å². The molecule has 1 N–H and O–H groups in total. The maximum absolute atomic E-state index is 5.73. The highest BCUT2D eigenvalue weighted by Crippen LogP contribution is 2.28. The Labute approximate surface area is 118 Å². The third-order valence-electron chi connectivity index (χ3n) is 4.23. The Balaban J connectivity index is 1.45. The molecule has 0 unspecified atom stereocenters. The predicted octanol–water partition coefficient (Wildman–Crippen LogP) is 1.03. The summed E-state index contributed by atoms with van der Waals surface area (Å²) in [5.41, 5.74) is 0.362. The van der Waals surface area contributed by atoms with E-state index in [9.17, 15) is 0 Å². The largest absolute Gasteiger partial charge is 0.379 e. The summed E-state index contributed by atoms with van der Waals surface area (Å²) in [6.07, 6.45) is 1.36. The Morgan fingerprint density at radius 2 is 1.95 bits per heavy atom. The number of piperazine rings is 1. The van der Waals surface area contributed by atoms with Crippen molar-refractivity contribution >= 4 is 0 Å². The highest BCUT2D eigenvalue weighted by molar-refractivity contribution is 4.98. The second-order valence-electron chi connectivity index (χ2n) is 7.33. The van der Waals surface area contributed by atoms with Crippen molar-refractivity contribution in [3.8, 4) is 0 Å². The molecule has 2 heterocycles. The van der Waals surface area contributed by atoms with Gasteiger partial charge in [-0.3, -0.25) is 4.90 Å². The van der Waals surface area contributed by atoms with E-state index in [0.717, 1.165) is 44.9 Å². The van der Waals surface area contributed by atoms with Crippen molar-refractivity contribution in [2.45, 2.75) is 39.3 Å². The van der Waals surface area contributed by atoms with E-state index < -0.39 is 0 Å². The standard InChI is InChI=1S/C15H31N3O/c1-15(2,3)12-16-5-7-19-8-6-18-11-13-9-14(18)10-17(13)4/h13-14,16H,5-12H2,1-4H3/t13-,14-/m0/s1. The van der Waals surface area contributed by atoms with Gasteiger partial charge in [0.25, 0.3) is 0 Å². The van der Waals surface area contributed by atoms with Crippen molar-refractivity contribution in [1.29, 1.82) is 0 Å². The molecule has 0 aromatic heterocycles. The van der Waals surface area contributed by atoms with Gasteiger partial charge < -0.3 is 15.0 Å². The summed E-state index contributed by atoms with van der Waals surface area (Å²) in [5, 5.41) is 3.44. The second kappa shape index (κ2) is 6.53. The first kappa shape index (κ1) is 15.2. The molecule has 0 radical (unpaired) electrons. The van der Waals surface area contributed by atoms with Crippen molar-refractivity contribution in [1.82, 2.24) is 15.1 Å². The lowest BCUT2D eigenvalue weighted by molar-refractivity contribution is 0.0796. The van der Waals surface area contributed by atoms with Crippen molar-refractivity contribution in [3.05, 3.63) is 0 Å². The maximum atomic E-state index is 5.73. The zero-order chi connectivity index (χ0) is 13.9. The van der Waals surface area contributed by atoms with Crippen LogP contribution in [-0.2, 0) is 4.74 Å². The first-order valence-electron chi connectivity index (χ1n) is 7.68. The molecule has 0 spiro atoms. The van der Waals surface area contributed by atoms with Crippen LogP contribution in [-0.4, -0.2) is 74.9 Å². The van der Waals surface area contributed by atoms with Crippen molar-refractivity contribution in [2.75, 3.05) is 53.0 Å². The number of hydrogen-bond donors (Lipinski definition) is 1. The van der Waals surface area contributed by atoms with E-state index in [4.69, 9.17) is 4.74 Å². The number of nitrogens with zero attached hydrogens (tertiary/aromatic N) is 2. The number of nitrogens with one attached hydrogen (secondary N) is 1. The lowest BCUT2D eigenvalue weighted by atomic mass is 9.97. The smallest absolute Gasteiger partial charge is 0.0594 e. The zero-order valence-electron chi connectivity index (χ0n) is 13.1. The van der Waals surface area contributed by atoms with E-state index in [2.05, 4.69) is 42.9 Å². The van der Waals surface area contributed by atoms with Crippen LogP contribution >= 0.6 is 0 Å². The fraction of sp³-hybridized carbons (Fsp3) is 1.00. The molecular weight excluding hydrogens is 238 g/mol. The number of likely N-dealkylation sites (tertiary alicyclic amines) is 2. The molecule has 2 bridgehead atoms. The molecule has 2 atom stereocenters. The minimum absolute atomic E-state index is 0.362. The highest BCUT2D eigenvalue weighted by atomic mass is 16.5. The average Bonchev–Trinajstić information content (AvgIpc) is 2.85. The Kier molecular flexibility index (Phi) is 5.23. The normalized spacial score (nSPS) is 28.4. The zero-order valence-corrected chi connectivity index (χ0v) is 13.1. The van der Waals surface area contributed by atoms with Gasteiger partial charge in [0.1, 0.15) is 0 Å². The molecule has 112 valence electrons. The quantitative estimate of drug-likeness (QED) is 0.699. The van der Waals surface area contributed by atoms with Gasteiger partial charge in [0.2, 0.25) is 0 Å². The number of fused-ring (bicyclic) bond motifs is 2. The topological polar surface area (TPSA) is 27.7 Å². The fourth-order valence-corrected chi connectivity index (χ4v) is 3.11. The minimum Gasteiger partial charge on any atom is -0.379 e. The summed E-state index contributed by atoms with van der Waals surface area (Å²) in [7, 11) is 2.25. The molecule has 2 aliphatic heterocycles. The monoisotopic (exact) mass is 269 g/mol. The number of rotatable bonds is 7. The van der Waals surface area contributed by atoms with Crippen LogP contribution < -0.4 is 5.32 Å². The van der Waals surface area contributed by atoms with Gasteiger partial charge >= 0.3 is 0 Å². The third-order valence-corrected chi connectivity index (χ3v) is 4.23. The van der Waals surface area contributed by atoms with Crippen LogP contribution in [0.25, 0.3) is 0 Å². The maximum Gasteiger partial charge on any atom is 0.0594 e. The van der Waals surface area contributed by atoms with E-state index in [1.807, 2.05) is 0 Å². The van der Waals surface area contributed by atoms with Crippen molar-refractivity contribution in [3.63, 3.8) is 0 Å². The SMILES string of the molecule is CN1C[C@@H]2C[C@H]1CN2CCOCCNCC(C)(C)C. The molecule has 4 nitrogen and oxygen atoms in total. The Morgan fingerprint density at radius 1 is 1.16 bits per heavy atom. The van der Waals surface area contributed by atoms with Crippen LogP contribution in [0.2, 0.25) is 0 Å². The van der Waals surface area contributed by atoms with E-state index >= 15 is 0 Å². The number of likely N-dealkylation sites (N-methyl/N-ethyl adjacent to an activating group) is 1. The second-order valence-corrected chi connectivity index (χ2v) is 7.33. The number of ether oxygens (including phenoxy) is 1. The van der Waals surface area contributed by atoms with Gasteiger partial charge in [0, 0.05) is 44.8 Å². The van der Waals surface area contributed by atoms with E-state index in [0.29, 0.717) is 5.41 Å². The van der Waals surface area contributed by atoms with Crippen molar-refractivity contribution in [2.24, 2.45) is 5.41 Å². The molecule has 0 aromatic rings. The molecule has 4 heteroatoms. The lowest BCUT2D eigenvalue weighted by Crippen LogP contribution is -2.45. The van der Waals surface area contributed by atoms with E-state index in [-0.39, 0.29) is 0 Å². The minimum atomic E-state index is 0.362. The molecule has 2 aliphatic rings. The Morgan fingerprint density at radius 3 is 2.53 bits per heavy atom. The highest BCUT2D eigenvalue weighted by Gasteiger charge is 2.40. The van der Waals surface area contributed by atoms with Gasteiger partial charge in [-0.15, -0.1) is 0 Å². The number of hydrogen-bond acceptors (Lipinski definition) is 4. The Hall–Kier alpha value is -0.160. The van der Waals surface area contributed by atoms with Gasteiger partial charge in [-0.25, -0.2) is 0 Å². The predicted molar refractivity (Wildman–Crippen MR) is 79.5 cm³/mol. The summed E-state index contributed by atoms with van der Waals surface area (Å²) >= 11 is 0. The summed E-state index contributed by atoms with van der Waals surface area (Å²) in [4.78, 5) is 5.10. The molecule has 2 rings (SSSR count). The van der Waals surface area contributed by atoms with E-state index in [1.54, 1.807) is 0 Å². The molecule has 2 fully saturated rings. The first-order valence-corrected chi connectivity index (χ1v) is 7.68. The van der Waals surface area contributed by atoms with Gasteiger partial charge in [-0.1, -0.05) is 20.8 Å². The molecule has 0 amide bonds. The molecule has 0 saturated carbocycles. The van der Waals surface area contributed by atoms with Crippen LogP contribution in [0.1, 0.15) is 27.2 Å². The van der Waals surface area contributed by atoms with Crippen LogP contribution in [0.5, 0.6) is 0 Å². The van der Waals surface area contributed by atoms with Crippen LogP contribution in [0.15, 0.2) is 0 Å². The fourth-order valence-electron chi connectivity index (χ4n) is 3.11. The molecular formula is C15H31N3O. The van der Waals surface area contributed by atoms with Gasteiger partial charge in [-0.2, -0.15) is 0 Å². The summed E-state index contributed by atoms with van der Waals surface area (Å²) in [6.45, 7) is 14.1. The molecule has 2 saturated heterocycles. The van der Waals surface area contributed by atoms with Crippen LogP contribution in [0, 0.1) is 5.41 Å². The third kappa shape index (κ3) is 4.71. The van der Waals surface area contributed by atoms with Crippen LogP contribution in [0.3, 0.4) is 0 Å². The van der Waals surface area contributed by atoms with Gasteiger partial charge in [0.05, 0.1) is 13.2 Å². The summed E-state index contributed by atoms with van der Waals surface area (Å²) < 4.78 is 5.73. The van der Waals surface area contributed by atoms with Gasteiger partial charge in [0.15, 0.2) is 0 Å². The molecule has 0 aliphatic carbocycles. The van der Waals surface area contributed by atoms with Crippen LogP contribution in [0.4, 0.5) is 0 Å². The summed E-state index contributed by atoms with van der Waals surface area (Å²) in [6, 6.07) is 1.59. The lowest BCUT2D eigenvalue weighted by Gasteiger charge is -2.31. The average molecular weight is 269 g/mol. The van der Waals surface area contributed by atoms with Crippen molar-refractivity contribution < 1.29 is 4.74 Å². The first-order chi connectivity index (χ1) is 8.96.